The molecule has 0 fully saturated rings. The highest BCUT2D eigenvalue weighted by molar-refractivity contribution is 6.30. The Morgan fingerprint density at radius 3 is 2.71 bits per heavy atom. The van der Waals surface area contributed by atoms with Gasteiger partial charge in [0, 0.05) is 33.4 Å². The number of fused-ring (bicyclic) bond motifs is 1. The molecule has 1 aromatic heterocycles. The maximum atomic E-state index is 12.4. The van der Waals surface area contributed by atoms with Crippen LogP contribution in [0.15, 0.2) is 72.0 Å². The van der Waals surface area contributed by atoms with Crippen LogP contribution >= 0.6 is 11.6 Å². The number of carbonyl (C=O) groups excluding carboxylic acids is 2. The first-order valence-corrected chi connectivity index (χ1v) is 9.03. The van der Waals surface area contributed by atoms with Crippen molar-refractivity contribution < 1.29 is 9.59 Å². The summed E-state index contributed by atoms with van der Waals surface area (Å²) in [4.78, 5) is 26.9. The topological polar surface area (TPSA) is 77.6 Å². The molecule has 142 valence electrons. The van der Waals surface area contributed by atoms with Crippen molar-refractivity contribution in [2.24, 2.45) is 5.10 Å². The van der Waals surface area contributed by atoms with Crippen molar-refractivity contribution in [3.8, 4) is 0 Å². The predicted molar refractivity (Wildman–Crippen MR) is 113 cm³/mol. The molecule has 0 spiro atoms. The lowest BCUT2D eigenvalue weighted by molar-refractivity contribution is -0.125. The molecule has 28 heavy (non-hydrogen) atoms. The molecule has 0 aliphatic heterocycles. The van der Waals surface area contributed by atoms with E-state index in [1.165, 1.54) is 0 Å². The fourth-order valence-corrected chi connectivity index (χ4v) is 2.81. The number of aromatic amines is 1. The minimum absolute atomic E-state index is 0.205. The molecule has 0 radical (unpaired) electrons. The summed E-state index contributed by atoms with van der Waals surface area (Å²) in [7, 11) is 0. The Morgan fingerprint density at radius 2 is 2.00 bits per heavy atom. The molecule has 0 bridgehead atoms. The molecule has 0 saturated carbocycles. The van der Waals surface area contributed by atoms with Crippen molar-refractivity contribution in [3.05, 3.63) is 77.5 Å². The Hall–Kier alpha value is -3.38. The average molecular weight is 395 g/mol. The second-order valence-electron chi connectivity index (χ2n) is 6.02. The fourth-order valence-electron chi connectivity index (χ4n) is 2.68. The van der Waals surface area contributed by atoms with Crippen LogP contribution in [-0.2, 0) is 9.59 Å². The molecule has 2 N–H and O–H groups in total. The number of allylic oxidation sites excluding steroid dienone is 2. The Morgan fingerprint density at radius 1 is 1.21 bits per heavy atom. The number of H-pyrrole nitrogens is 1. The van der Waals surface area contributed by atoms with Gasteiger partial charge in [0.2, 0.25) is 12.3 Å². The molecule has 3 rings (SSSR count). The smallest absolute Gasteiger partial charge is 0.246 e. The highest BCUT2D eigenvalue weighted by Gasteiger charge is 2.11. The van der Waals surface area contributed by atoms with Crippen LogP contribution in [0.5, 0.6) is 0 Å². The van der Waals surface area contributed by atoms with Gasteiger partial charge in [-0.3, -0.25) is 9.59 Å². The molecule has 0 saturated heterocycles. The molecule has 3 aromatic rings. The Balaban J connectivity index is 1.73. The minimum Gasteiger partial charge on any atom is -0.361 e. The second-order valence-corrected chi connectivity index (χ2v) is 6.46. The van der Waals surface area contributed by atoms with Crippen molar-refractivity contribution >= 4 is 46.2 Å². The number of amides is 2. The van der Waals surface area contributed by atoms with E-state index in [4.69, 9.17) is 11.6 Å². The molecule has 0 aliphatic rings. The lowest BCUT2D eigenvalue weighted by Crippen LogP contribution is -2.29. The van der Waals surface area contributed by atoms with E-state index < -0.39 is 0 Å². The normalized spacial score (nSPS) is 11.7. The number of nitrogens with zero attached hydrogens (tertiary/aromatic N) is 2. The van der Waals surface area contributed by atoms with E-state index in [9.17, 15) is 9.59 Å². The third-order valence-electron chi connectivity index (χ3n) is 3.97. The fraction of sp³-hybridized carbons (Fsp3) is 0.0952. The highest BCUT2D eigenvalue weighted by Crippen LogP contribution is 2.18. The quantitative estimate of drug-likeness (QED) is 0.358. The molecular formula is C21H19ClN4O2. The lowest BCUT2D eigenvalue weighted by atomic mass is 10.1. The largest absolute Gasteiger partial charge is 0.361 e. The number of hydrazone groups is 1. The molecule has 2 amide bonds. The summed E-state index contributed by atoms with van der Waals surface area (Å²) < 4.78 is 0. The third kappa shape index (κ3) is 4.86. The number of hydrogen-bond donors (Lipinski definition) is 2. The van der Waals surface area contributed by atoms with Gasteiger partial charge in [-0.1, -0.05) is 29.8 Å². The summed E-state index contributed by atoms with van der Waals surface area (Å²) in [6, 6.07) is 14.5. The second kappa shape index (κ2) is 9.01. The number of benzene rings is 2. The monoisotopic (exact) mass is 394 g/mol. The summed E-state index contributed by atoms with van der Waals surface area (Å²) in [5, 5.41) is 9.73. The summed E-state index contributed by atoms with van der Waals surface area (Å²) in [5.74, 6) is -0.346. The molecule has 0 aliphatic carbocycles. The molecule has 6 nitrogen and oxygen atoms in total. The summed E-state index contributed by atoms with van der Waals surface area (Å²) in [6.07, 6.45) is 5.92. The van der Waals surface area contributed by atoms with Crippen molar-refractivity contribution in [1.29, 1.82) is 0 Å². The van der Waals surface area contributed by atoms with Gasteiger partial charge in [0.15, 0.2) is 0 Å². The molecule has 2 aromatic carbocycles. The number of carbonyl (C=O) groups is 2. The standard InChI is InChI=1S/C21H19ClN4O2/c1-2-3-20(15-4-6-17(22)7-5-15)25-26(14-27)13-21(28)24-18-8-9-19-16(12-18)10-11-23-19/h2-12,14,23H,13H2,1H3,(H,24,28)/b3-2-,25-20+. The van der Waals surface area contributed by atoms with E-state index in [-0.39, 0.29) is 12.5 Å². The first kappa shape index (κ1) is 19.4. The van der Waals surface area contributed by atoms with Gasteiger partial charge in [0.05, 0.1) is 5.71 Å². The number of halogens is 1. The number of anilines is 1. The summed E-state index contributed by atoms with van der Waals surface area (Å²) in [5.41, 5.74) is 2.97. The minimum atomic E-state index is -0.346. The zero-order chi connectivity index (χ0) is 19.9. The summed E-state index contributed by atoms with van der Waals surface area (Å²) in [6.45, 7) is 1.64. The van der Waals surface area contributed by atoms with Crippen molar-refractivity contribution in [3.63, 3.8) is 0 Å². The predicted octanol–water partition coefficient (Wildman–Crippen LogP) is 4.20. The van der Waals surface area contributed by atoms with Gasteiger partial charge in [-0.2, -0.15) is 5.10 Å². The Bertz CT molecular complexity index is 1040. The van der Waals surface area contributed by atoms with Crippen LogP contribution in [0.25, 0.3) is 10.9 Å². The van der Waals surface area contributed by atoms with Crippen LogP contribution < -0.4 is 5.32 Å². The Labute approximate surface area is 167 Å². The maximum absolute atomic E-state index is 12.4. The van der Waals surface area contributed by atoms with Crippen LogP contribution in [0, 0.1) is 0 Å². The van der Waals surface area contributed by atoms with Crippen LogP contribution in [0.3, 0.4) is 0 Å². The highest BCUT2D eigenvalue weighted by atomic mass is 35.5. The van der Waals surface area contributed by atoms with Crippen molar-refractivity contribution in [2.75, 3.05) is 11.9 Å². The lowest BCUT2D eigenvalue weighted by Gasteiger charge is -2.13. The van der Waals surface area contributed by atoms with Gasteiger partial charge in [0.1, 0.15) is 6.54 Å². The molecule has 7 heteroatoms. The van der Waals surface area contributed by atoms with E-state index in [1.807, 2.05) is 37.4 Å². The zero-order valence-corrected chi connectivity index (χ0v) is 16.0. The average Bonchev–Trinajstić information content (AvgIpc) is 3.15. The van der Waals surface area contributed by atoms with Gasteiger partial charge >= 0.3 is 0 Å². The van der Waals surface area contributed by atoms with E-state index in [2.05, 4.69) is 15.4 Å². The van der Waals surface area contributed by atoms with Gasteiger partial charge < -0.3 is 10.3 Å². The van der Waals surface area contributed by atoms with Gasteiger partial charge in [-0.25, -0.2) is 5.01 Å². The van der Waals surface area contributed by atoms with Crippen LogP contribution in [0.2, 0.25) is 5.02 Å². The first-order valence-electron chi connectivity index (χ1n) is 8.65. The third-order valence-corrected chi connectivity index (χ3v) is 4.22. The van der Waals surface area contributed by atoms with E-state index in [1.54, 1.807) is 36.4 Å². The van der Waals surface area contributed by atoms with E-state index >= 15 is 0 Å². The summed E-state index contributed by atoms with van der Waals surface area (Å²) >= 11 is 5.92. The molecule has 1 heterocycles. The number of rotatable bonds is 7. The van der Waals surface area contributed by atoms with Crippen molar-refractivity contribution in [2.45, 2.75) is 6.92 Å². The maximum Gasteiger partial charge on any atom is 0.246 e. The van der Waals surface area contributed by atoms with Crippen molar-refractivity contribution in [1.82, 2.24) is 9.99 Å². The number of nitrogens with one attached hydrogen (secondary N) is 2. The van der Waals surface area contributed by atoms with Gasteiger partial charge in [-0.15, -0.1) is 0 Å². The van der Waals surface area contributed by atoms with E-state index in [0.717, 1.165) is 21.5 Å². The van der Waals surface area contributed by atoms with Crippen LogP contribution in [0.4, 0.5) is 5.69 Å². The van der Waals surface area contributed by atoms with Gasteiger partial charge in [0.25, 0.3) is 0 Å². The van der Waals surface area contributed by atoms with Crippen LogP contribution in [0.1, 0.15) is 12.5 Å². The molecular weight excluding hydrogens is 376 g/mol. The zero-order valence-electron chi connectivity index (χ0n) is 15.2. The molecule has 0 unspecified atom stereocenters. The number of aromatic nitrogens is 1. The molecule has 0 atom stereocenters. The van der Waals surface area contributed by atoms with E-state index in [0.29, 0.717) is 22.8 Å². The first-order chi connectivity index (χ1) is 13.6. The number of hydrogen-bond acceptors (Lipinski definition) is 3. The van der Waals surface area contributed by atoms with Gasteiger partial charge in [-0.05, 0) is 49.4 Å². The van der Waals surface area contributed by atoms with Crippen LogP contribution in [-0.4, -0.2) is 34.6 Å². The Kier molecular flexibility index (Phi) is 6.24. The SMILES string of the molecule is C/C=C\C(=N/N(C=O)CC(=O)Nc1ccc2[nH]ccc2c1)c1ccc(Cl)cc1.